The quantitative estimate of drug-likeness (QED) is 0.239. The van der Waals surface area contributed by atoms with E-state index in [2.05, 4.69) is 13.8 Å². The largest absolute Gasteiger partial charge is 0.370 e. The highest BCUT2D eigenvalue weighted by molar-refractivity contribution is 5.85. The third kappa shape index (κ3) is 31.1. The van der Waals surface area contributed by atoms with Crippen LogP contribution >= 0.6 is 0 Å². The summed E-state index contributed by atoms with van der Waals surface area (Å²) in [5.41, 5.74) is 4.75. The minimum Gasteiger partial charge on any atom is -0.370 e. The van der Waals surface area contributed by atoms with Crippen LogP contribution in [0.25, 0.3) is 0 Å². The molecular formula is C39H80N4O10. The smallest absolute Gasteiger partial charge is 0.225 e. The Kier molecular flexibility index (Phi) is 36.4. The Bertz CT molecular complexity index is 1010. The predicted molar refractivity (Wildman–Crippen MR) is 212 cm³/mol. The Morgan fingerprint density at radius 2 is 0.981 bits per heavy atom. The van der Waals surface area contributed by atoms with Gasteiger partial charge in [0, 0.05) is 92.6 Å². The van der Waals surface area contributed by atoms with Gasteiger partial charge in [-0.1, -0.05) is 49.0 Å². The second-order valence-electron chi connectivity index (χ2n) is 13.6. The van der Waals surface area contributed by atoms with Crippen molar-refractivity contribution >= 4 is 35.2 Å². The first-order chi connectivity index (χ1) is 23.5. The van der Waals surface area contributed by atoms with Crippen molar-refractivity contribution in [2.75, 3.05) is 68.7 Å². The molecule has 0 radical (unpaired) electrons. The van der Waals surface area contributed by atoms with Gasteiger partial charge in [0.05, 0.1) is 26.4 Å². The lowest BCUT2D eigenvalue weighted by Gasteiger charge is -2.28. The molecule has 2 saturated heterocycles. The van der Waals surface area contributed by atoms with Gasteiger partial charge in [0.1, 0.15) is 11.6 Å². The molecular weight excluding hydrogens is 684 g/mol. The fourth-order valence-corrected chi connectivity index (χ4v) is 4.57. The number of amides is 4. The van der Waals surface area contributed by atoms with Crippen LogP contribution in [0.3, 0.4) is 0 Å². The molecule has 14 heteroatoms. The van der Waals surface area contributed by atoms with E-state index in [-0.39, 0.29) is 68.8 Å². The number of hydrogen-bond donors (Lipinski definition) is 1. The Balaban J connectivity index is -0.000000189. The van der Waals surface area contributed by atoms with Crippen molar-refractivity contribution in [2.24, 2.45) is 17.6 Å². The molecule has 2 aliphatic rings. The molecule has 2 rings (SSSR count). The molecule has 0 aromatic carbocycles. The Morgan fingerprint density at radius 1 is 0.604 bits per heavy atom. The maximum absolute atomic E-state index is 11.8. The molecule has 2 N–H and O–H groups in total. The van der Waals surface area contributed by atoms with Crippen LogP contribution in [0.4, 0.5) is 0 Å². The Labute approximate surface area is 323 Å². The van der Waals surface area contributed by atoms with Crippen molar-refractivity contribution in [3.63, 3.8) is 0 Å². The monoisotopic (exact) mass is 765 g/mol. The van der Waals surface area contributed by atoms with Crippen LogP contribution < -0.4 is 5.73 Å². The SMILES string of the molecule is C.C.CC(=O)CCC(N)=O.CCC.CCC(CC(C)=O)C(=O)N(C)C.CCC(CC1(C)OCCO1)C(=O)N(C)C.CN(C)C(=O)CCC1(C)OCCO1. The summed E-state index contributed by atoms with van der Waals surface area (Å²) in [6.45, 7) is 17.5. The van der Waals surface area contributed by atoms with Gasteiger partial charge in [-0.2, -0.15) is 0 Å². The van der Waals surface area contributed by atoms with Crippen LogP contribution in [0, 0.1) is 11.8 Å². The lowest BCUT2D eigenvalue weighted by Crippen LogP contribution is -2.36. The van der Waals surface area contributed by atoms with E-state index in [1.165, 1.54) is 25.2 Å². The van der Waals surface area contributed by atoms with E-state index in [9.17, 15) is 28.8 Å². The maximum atomic E-state index is 11.8. The number of rotatable bonds is 14. The van der Waals surface area contributed by atoms with Crippen molar-refractivity contribution in [1.82, 2.24) is 14.7 Å². The zero-order valence-corrected chi connectivity index (χ0v) is 34.3. The van der Waals surface area contributed by atoms with Gasteiger partial charge in [-0.25, -0.2) is 0 Å². The van der Waals surface area contributed by atoms with Crippen LogP contribution in [0.2, 0.25) is 0 Å². The molecule has 2 atom stereocenters. The van der Waals surface area contributed by atoms with E-state index in [1.807, 2.05) is 27.7 Å². The van der Waals surface area contributed by atoms with E-state index < -0.39 is 17.5 Å². The first kappa shape index (κ1) is 59.3. The predicted octanol–water partition coefficient (Wildman–Crippen LogP) is 5.48. The van der Waals surface area contributed by atoms with Crippen molar-refractivity contribution in [3.05, 3.63) is 0 Å². The summed E-state index contributed by atoms with van der Waals surface area (Å²) in [4.78, 5) is 70.1. The number of nitrogens with zero attached hydrogens (tertiary/aromatic N) is 3. The fraction of sp³-hybridized carbons (Fsp3) is 0.846. The van der Waals surface area contributed by atoms with E-state index in [4.69, 9.17) is 24.7 Å². The number of primary amides is 1. The number of nitrogens with two attached hydrogens (primary N) is 1. The van der Waals surface area contributed by atoms with Crippen molar-refractivity contribution in [3.8, 4) is 0 Å². The summed E-state index contributed by atoms with van der Waals surface area (Å²) >= 11 is 0. The highest BCUT2D eigenvalue weighted by atomic mass is 16.7. The molecule has 0 aromatic rings. The summed E-state index contributed by atoms with van der Waals surface area (Å²) in [5, 5.41) is 0. The van der Waals surface area contributed by atoms with Gasteiger partial charge in [0.25, 0.3) is 0 Å². The summed E-state index contributed by atoms with van der Waals surface area (Å²) in [7, 11) is 10.5. The molecule has 2 heterocycles. The topological polar surface area (TPSA) is 175 Å². The highest BCUT2D eigenvalue weighted by Crippen LogP contribution is 2.29. The van der Waals surface area contributed by atoms with E-state index >= 15 is 0 Å². The van der Waals surface area contributed by atoms with Crippen LogP contribution in [0.1, 0.15) is 128 Å². The summed E-state index contributed by atoms with van der Waals surface area (Å²) in [6.07, 6.45) is 5.36. The van der Waals surface area contributed by atoms with Crippen LogP contribution in [0.15, 0.2) is 0 Å². The molecule has 2 fully saturated rings. The fourth-order valence-electron chi connectivity index (χ4n) is 4.57. The van der Waals surface area contributed by atoms with Gasteiger partial charge in [0.2, 0.25) is 23.6 Å². The molecule has 14 nitrogen and oxygen atoms in total. The third-order valence-electron chi connectivity index (χ3n) is 7.53. The minimum absolute atomic E-state index is 0. The normalized spacial score (nSPS) is 15.4. The van der Waals surface area contributed by atoms with Crippen molar-refractivity contribution < 1.29 is 47.7 Å². The Morgan fingerprint density at radius 3 is 1.26 bits per heavy atom. The molecule has 0 saturated carbocycles. The van der Waals surface area contributed by atoms with Gasteiger partial charge in [0.15, 0.2) is 11.6 Å². The highest BCUT2D eigenvalue weighted by Gasteiger charge is 2.36. The first-order valence-electron chi connectivity index (χ1n) is 18.0. The zero-order chi connectivity index (χ0) is 40.4. The van der Waals surface area contributed by atoms with Gasteiger partial charge < -0.3 is 49.0 Å². The van der Waals surface area contributed by atoms with Crippen molar-refractivity contribution in [2.45, 2.75) is 140 Å². The minimum atomic E-state index is -0.563. The van der Waals surface area contributed by atoms with Crippen LogP contribution in [0.5, 0.6) is 0 Å². The second-order valence-corrected chi connectivity index (χ2v) is 13.6. The molecule has 316 valence electrons. The van der Waals surface area contributed by atoms with Gasteiger partial charge in [-0.05, 0) is 40.5 Å². The standard InChI is InChI=1S/C11H21NO3.C9H17NO3.C9H17NO2.C5H9NO2.C3H8.2CH4/c1-5-9(10(13)12(3)4)8-11(2)14-6-7-15-11;1-9(12-6-7-13-9)5-4-8(11)10(2)3;1-5-8(6-7(2)11)9(12)10(3)4;1-4(7)2-3-5(6)8;1-3-2;;/h9H,5-8H2,1-4H3;4-7H2,1-3H3;8H,5-6H2,1-4H3;2-3H2,1H3,(H2,6,8);3H2,1-2H3;2*1H4. The van der Waals surface area contributed by atoms with E-state index in [0.29, 0.717) is 52.1 Å². The number of hydrogen-bond acceptors (Lipinski definition) is 10. The summed E-state index contributed by atoms with van der Waals surface area (Å²) in [6, 6.07) is 0. The summed E-state index contributed by atoms with van der Waals surface area (Å²) < 4.78 is 21.8. The number of carbonyl (C=O) groups excluding carboxylic acids is 6. The van der Waals surface area contributed by atoms with Gasteiger partial charge >= 0.3 is 0 Å². The molecule has 4 amide bonds. The number of ether oxygens (including phenoxy) is 4. The number of ketones is 2. The van der Waals surface area contributed by atoms with Crippen LogP contribution in [-0.4, -0.2) is 130 Å². The molecule has 53 heavy (non-hydrogen) atoms. The molecule has 2 unspecified atom stereocenters. The second kappa shape index (κ2) is 32.5. The Hall–Kier alpha value is -2.94. The van der Waals surface area contributed by atoms with Gasteiger partial charge in [-0.3, -0.25) is 19.2 Å². The third-order valence-corrected chi connectivity index (χ3v) is 7.53. The van der Waals surface area contributed by atoms with Gasteiger partial charge in [-0.15, -0.1) is 0 Å². The van der Waals surface area contributed by atoms with E-state index in [1.54, 1.807) is 52.1 Å². The molecule has 0 aliphatic carbocycles. The average Bonchev–Trinajstić information content (AvgIpc) is 3.69. The molecule has 0 spiro atoms. The van der Waals surface area contributed by atoms with Crippen molar-refractivity contribution in [1.29, 1.82) is 0 Å². The van der Waals surface area contributed by atoms with Crippen LogP contribution in [-0.2, 0) is 47.7 Å². The zero-order valence-electron chi connectivity index (χ0n) is 34.3. The maximum Gasteiger partial charge on any atom is 0.225 e. The number of Topliss-reactive ketones (excluding diaryl/α,β-unsaturated/α-hetero) is 2. The lowest BCUT2D eigenvalue weighted by molar-refractivity contribution is -0.164. The first-order valence-corrected chi connectivity index (χ1v) is 18.0. The summed E-state index contributed by atoms with van der Waals surface area (Å²) in [5.74, 6) is -1.26. The molecule has 2 aliphatic heterocycles. The molecule has 0 bridgehead atoms. The average molecular weight is 765 g/mol. The lowest BCUT2D eigenvalue weighted by atomic mass is 9.96. The van der Waals surface area contributed by atoms with E-state index in [0.717, 1.165) is 12.8 Å². The number of carbonyl (C=O) groups is 6. The molecule has 0 aromatic heterocycles.